The minimum absolute atomic E-state index is 0.205. The smallest absolute Gasteiger partial charge is 0.338 e. The zero-order chi connectivity index (χ0) is 16.3. The van der Waals surface area contributed by atoms with E-state index >= 15 is 0 Å². The summed E-state index contributed by atoms with van der Waals surface area (Å²) >= 11 is 0. The van der Waals surface area contributed by atoms with Crippen molar-refractivity contribution in [2.24, 2.45) is 0 Å². The number of rotatable bonds is 4. The van der Waals surface area contributed by atoms with Gasteiger partial charge < -0.3 is 14.6 Å². The molecule has 0 fully saturated rings. The van der Waals surface area contributed by atoms with Crippen LogP contribution in [0.3, 0.4) is 0 Å². The van der Waals surface area contributed by atoms with Gasteiger partial charge in [0.25, 0.3) is 5.89 Å². The monoisotopic (exact) mass is 303 g/mol. The molecule has 0 radical (unpaired) electrons. The van der Waals surface area contributed by atoms with Gasteiger partial charge in [-0.3, -0.25) is 4.79 Å². The van der Waals surface area contributed by atoms with E-state index in [1.54, 1.807) is 32.0 Å². The average molecular weight is 303 g/mol. The second kappa shape index (κ2) is 6.38. The molecule has 1 unspecified atom stereocenters. The highest BCUT2D eigenvalue weighted by Crippen LogP contribution is 2.21. The lowest BCUT2D eigenvalue weighted by Gasteiger charge is -2.11. The van der Waals surface area contributed by atoms with Crippen LogP contribution in [0.2, 0.25) is 0 Å². The highest BCUT2D eigenvalue weighted by Gasteiger charge is 2.19. The molecule has 7 heteroatoms. The maximum Gasteiger partial charge on any atom is 0.338 e. The number of amides is 1. The van der Waals surface area contributed by atoms with Gasteiger partial charge in [0.1, 0.15) is 0 Å². The lowest BCUT2D eigenvalue weighted by Crippen LogP contribution is -2.12. The normalized spacial score (nSPS) is 11.8. The number of hydrogen-bond donors (Lipinski definition) is 1. The van der Waals surface area contributed by atoms with E-state index in [0.717, 1.165) is 5.56 Å². The van der Waals surface area contributed by atoms with Crippen molar-refractivity contribution in [1.29, 1.82) is 0 Å². The minimum Gasteiger partial charge on any atom is -0.449 e. The molecule has 2 aromatic rings. The van der Waals surface area contributed by atoms with Crippen molar-refractivity contribution in [3.8, 4) is 0 Å². The second-order valence-corrected chi connectivity index (χ2v) is 4.94. The Balaban J connectivity index is 2.14. The second-order valence-electron chi connectivity index (χ2n) is 4.94. The van der Waals surface area contributed by atoms with E-state index in [2.05, 4.69) is 15.5 Å². The van der Waals surface area contributed by atoms with Crippen molar-refractivity contribution in [3.63, 3.8) is 0 Å². The van der Waals surface area contributed by atoms with Gasteiger partial charge in [-0.15, -0.1) is 0 Å². The molecule has 0 saturated carbocycles. The quantitative estimate of drug-likeness (QED) is 0.872. The van der Waals surface area contributed by atoms with Crippen LogP contribution < -0.4 is 5.32 Å². The zero-order valence-electron chi connectivity index (χ0n) is 12.8. The van der Waals surface area contributed by atoms with Crippen molar-refractivity contribution in [2.45, 2.75) is 33.8 Å². The minimum atomic E-state index is -0.654. The molecule has 1 aromatic heterocycles. The Hall–Kier alpha value is -2.70. The van der Waals surface area contributed by atoms with Gasteiger partial charge in [0.05, 0.1) is 5.56 Å². The van der Waals surface area contributed by atoms with Crippen molar-refractivity contribution in [3.05, 3.63) is 41.0 Å². The summed E-state index contributed by atoms with van der Waals surface area (Å²) in [6.45, 7) is 6.57. The summed E-state index contributed by atoms with van der Waals surface area (Å²) in [6, 6.07) is 4.95. The number of nitrogens with one attached hydrogen (secondary N) is 1. The van der Waals surface area contributed by atoms with Crippen LogP contribution in [0, 0.1) is 13.8 Å². The predicted molar refractivity (Wildman–Crippen MR) is 78.3 cm³/mol. The molecule has 0 aliphatic heterocycles. The molecular formula is C15H17N3O4. The van der Waals surface area contributed by atoms with Gasteiger partial charge in [-0.1, -0.05) is 11.2 Å². The third-order valence-electron chi connectivity index (χ3n) is 2.96. The fraction of sp³-hybridized carbons (Fsp3) is 0.333. The number of carbonyl (C=O) groups excluding carboxylic acids is 2. The summed E-state index contributed by atoms with van der Waals surface area (Å²) in [7, 11) is 0. The van der Waals surface area contributed by atoms with Crippen LogP contribution in [0.25, 0.3) is 0 Å². The first-order valence-electron chi connectivity index (χ1n) is 6.76. The Morgan fingerprint density at radius 3 is 2.64 bits per heavy atom. The summed E-state index contributed by atoms with van der Waals surface area (Å²) in [6.07, 6.45) is -0.654. The summed E-state index contributed by atoms with van der Waals surface area (Å²) in [5, 5.41) is 6.32. The van der Waals surface area contributed by atoms with E-state index in [1.807, 2.05) is 6.92 Å². The first-order chi connectivity index (χ1) is 10.4. The van der Waals surface area contributed by atoms with E-state index in [0.29, 0.717) is 17.1 Å². The Bertz CT molecular complexity index is 709. The van der Waals surface area contributed by atoms with Crippen molar-refractivity contribution in [1.82, 2.24) is 10.1 Å². The van der Waals surface area contributed by atoms with Gasteiger partial charge in [0.15, 0.2) is 11.9 Å². The number of aromatic nitrogens is 2. The average Bonchev–Trinajstić information content (AvgIpc) is 2.87. The van der Waals surface area contributed by atoms with Crippen molar-refractivity contribution < 1.29 is 18.8 Å². The first kappa shape index (κ1) is 15.7. The number of benzene rings is 1. The van der Waals surface area contributed by atoms with Crippen LogP contribution in [0.15, 0.2) is 22.7 Å². The van der Waals surface area contributed by atoms with Crippen LogP contribution >= 0.6 is 0 Å². The summed E-state index contributed by atoms with van der Waals surface area (Å²) in [4.78, 5) is 27.3. The van der Waals surface area contributed by atoms with Crippen molar-refractivity contribution in [2.75, 3.05) is 5.32 Å². The molecular weight excluding hydrogens is 286 g/mol. The molecule has 2 rings (SSSR count). The molecule has 0 aliphatic carbocycles. The number of anilines is 1. The molecule has 1 N–H and O–H groups in total. The molecule has 1 amide bonds. The number of ether oxygens (including phenoxy) is 1. The van der Waals surface area contributed by atoms with E-state index in [9.17, 15) is 9.59 Å². The number of aryl methyl sites for hydroxylation is 2. The fourth-order valence-corrected chi connectivity index (χ4v) is 1.83. The van der Waals surface area contributed by atoms with Gasteiger partial charge in [-0.25, -0.2) is 4.79 Å². The first-order valence-corrected chi connectivity index (χ1v) is 6.76. The zero-order valence-corrected chi connectivity index (χ0v) is 12.8. The third-order valence-corrected chi connectivity index (χ3v) is 2.96. The lowest BCUT2D eigenvalue weighted by molar-refractivity contribution is -0.114. The lowest BCUT2D eigenvalue weighted by atomic mass is 10.1. The Kier molecular flexibility index (Phi) is 4.55. The van der Waals surface area contributed by atoms with Gasteiger partial charge in [0.2, 0.25) is 5.91 Å². The molecule has 0 saturated heterocycles. The van der Waals surface area contributed by atoms with Crippen LogP contribution in [0.4, 0.5) is 5.69 Å². The maximum atomic E-state index is 12.2. The number of carbonyl (C=O) groups is 2. The molecule has 116 valence electrons. The highest BCUT2D eigenvalue weighted by molar-refractivity contribution is 5.94. The van der Waals surface area contributed by atoms with Gasteiger partial charge in [0, 0.05) is 12.6 Å². The molecule has 1 heterocycles. The number of hydrogen-bond acceptors (Lipinski definition) is 6. The van der Waals surface area contributed by atoms with E-state index in [-0.39, 0.29) is 11.8 Å². The van der Waals surface area contributed by atoms with Crippen LogP contribution in [0.1, 0.15) is 47.6 Å². The SMILES string of the molecule is CC(=O)Nc1cc(C(=O)OC(C)c2nc(C)no2)ccc1C. The molecule has 22 heavy (non-hydrogen) atoms. The standard InChI is InChI=1S/C15H17N3O4/c1-8-5-6-12(7-13(8)17-11(4)19)15(20)21-9(2)14-16-10(3)18-22-14/h5-7,9H,1-4H3,(H,17,19). The largest absolute Gasteiger partial charge is 0.449 e. The van der Waals surface area contributed by atoms with Gasteiger partial charge >= 0.3 is 5.97 Å². The predicted octanol–water partition coefficient (Wildman–Crippen LogP) is 2.56. The number of esters is 1. The summed E-state index contributed by atoms with van der Waals surface area (Å²) < 4.78 is 10.3. The Labute approximate surface area is 127 Å². The van der Waals surface area contributed by atoms with Crippen LogP contribution in [-0.4, -0.2) is 22.0 Å². The molecule has 0 aliphatic rings. The van der Waals surface area contributed by atoms with E-state index < -0.39 is 12.1 Å². The Morgan fingerprint density at radius 2 is 2.05 bits per heavy atom. The molecule has 1 aromatic carbocycles. The fourth-order valence-electron chi connectivity index (χ4n) is 1.83. The van der Waals surface area contributed by atoms with E-state index in [4.69, 9.17) is 9.26 Å². The molecule has 0 spiro atoms. The van der Waals surface area contributed by atoms with E-state index in [1.165, 1.54) is 6.92 Å². The van der Waals surface area contributed by atoms with Gasteiger partial charge in [-0.05, 0) is 38.5 Å². The molecule has 0 bridgehead atoms. The van der Waals surface area contributed by atoms with Gasteiger partial charge in [-0.2, -0.15) is 4.98 Å². The molecule has 1 atom stereocenters. The summed E-state index contributed by atoms with van der Waals surface area (Å²) in [5.41, 5.74) is 1.76. The van der Waals surface area contributed by atoms with Crippen LogP contribution in [-0.2, 0) is 9.53 Å². The number of nitrogens with zero attached hydrogens (tertiary/aromatic N) is 2. The topological polar surface area (TPSA) is 94.3 Å². The van der Waals surface area contributed by atoms with Crippen LogP contribution in [0.5, 0.6) is 0 Å². The Morgan fingerprint density at radius 1 is 1.32 bits per heavy atom. The molecule has 7 nitrogen and oxygen atoms in total. The summed E-state index contributed by atoms with van der Waals surface area (Å²) in [5.74, 6) is -0.0282. The van der Waals surface area contributed by atoms with Crippen molar-refractivity contribution >= 4 is 17.6 Å². The highest BCUT2D eigenvalue weighted by atomic mass is 16.6. The third kappa shape index (κ3) is 3.69. The maximum absolute atomic E-state index is 12.2.